The number of aromatic nitrogens is 1. The number of likely N-dealkylation sites (tertiary alicyclic amines) is 1. The van der Waals surface area contributed by atoms with Crippen molar-refractivity contribution >= 4 is 27.0 Å². The van der Waals surface area contributed by atoms with Crippen LogP contribution < -0.4 is 0 Å². The molecule has 2 aromatic rings. The fourth-order valence-electron chi connectivity index (χ4n) is 2.76. The second-order valence-corrected chi connectivity index (χ2v) is 6.87. The summed E-state index contributed by atoms with van der Waals surface area (Å²) >= 11 is 0. The lowest BCUT2D eigenvalue weighted by atomic mass is 10.1. The highest BCUT2D eigenvalue weighted by atomic mass is 32.3. The van der Waals surface area contributed by atoms with Crippen LogP contribution in [0.4, 0.5) is 3.89 Å². The number of halogens is 1. The lowest BCUT2D eigenvalue weighted by Gasteiger charge is -2.16. The van der Waals surface area contributed by atoms with Crippen LogP contribution in [0.2, 0.25) is 0 Å². The molecule has 1 fully saturated rings. The highest BCUT2D eigenvalue weighted by Gasteiger charge is 2.38. The van der Waals surface area contributed by atoms with Crippen LogP contribution in [-0.4, -0.2) is 42.5 Å². The fraction of sp³-hybridized carbons (Fsp3) is 0.357. The Hall–Kier alpha value is -1.89. The SMILES string of the molecule is O=C1CC(S(=O)(=O)F)CN1CCc1cccc2[nH]ccc12. The van der Waals surface area contributed by atoms with Crippen molar-refractivity contribution < 1.29 is 17.1 Å². The Kier molecular flexibility index (Phi) is 3.44. The minimum atomic E-state index is -4.64. The normalized spacial score (nSPS) is 19.6. The molecule has 1 aromatic carbocycles. The number of hydrogen-bond donors (Lipinski definition) is 1. The summed E-state index contributed by atoms with van der Waals surface area (Å²) in [6.45, 7) is 0.343. The number of carbonyl (C=O) groups excluding carboxylic acids is 1. The van der Waals surface area contributed by atoms with Gasteiger partial charge in [0.05, 0.1) is 0 Å². The summed E-state index contributed by atoms with van der Waals surface area (Å²) in [5.74, 6) is -0.303. The van der Waals surface area contributed by atoms with Gasteiger partial charge in [-0.3, -0.25) is 4.79 Å². The Morgan fingerprint density at radius 1 is 1.33 bits per heavy atom. The lowest BCUT2D eigenvalue weighted by molar-refractivity contribution is -0.127. The van der Waals surface area contributed by atoms with Crippen LogP contribution in [0.25, 0.3) is 10.9 Å². The molecule has 0 aliphatic carbocycles. The third-order valence-corrected chi connectivity index (χ3v) is 5.03. The molecular weight excluding hydrogens is 295 g/mol. The van der Waals surface area contributed by atoms with Crippen LogP contribution in [0.3, 0.4) is 0 Å². The molecule has 1 unspecified atom stereocenters. The second-order valence-electron chi connectivity index (χ2n) is 5.25. The molecule has 0 saturated carbocycles. The first-order valence-corrected chi connectivity index (χ1v) is 8.16. The van der Waals surface area contributed by atoms with Crippen LogP contribution in [0.5, 0.6) is 0 Å². The van der Waals surface area contributed by atoms with E-state index >= 15 is 0 Å². The van der Waals surface area contributed by atoms with Crippen LogP contribution in [0, 0.1) is 0 Å². The van der Waals surface area contributed by atoms with Crippen molar-refractivity contribution in [1.29, 1.82) is 0 Å². The number of aromatic amines is 1. The van der Waals surface area contributed by atoms with E-state index in [4.69, 9.17) is 0 Å². The third-order valence-electron chi connectivity index (χ3n) is 3.91. The number of fused-ring (bicyclic) bond motifs is 1. The summed E-state index contributed by atoms with van der Waals surface area (Å²) in [6, 6.07) is 7.83. The van der Waals surface area contributed by atoms with Gasteiger partial charge in [-0.25, -0.2) is 0 Å². The predicted octanol–water partition coefficient (Wildman–Crippen LogP) is 1.61. The smallest absolute Gasteiger partial charge is 0.307 e. The molecule has 1 aromatic heterocycles. The highest BCUT2D eigenvalue weighted by molar-refractivity contribution is 7.87. The molecule has 1 aliphatic heterocycles. The maximum absolute atomic E-state index is 13.0. The number of hydrogen-bond acceptors (Lipinski definition) is 3. The first kappa shape index (κ1) is 14.1. The van der Waals surface area contributed by atoms with Crippen LogP contribution >= 0.6 is 0 Å². The van der Waals surface area contributed by atoms with Crippen molar-refractivity contribution in [3.05, 3.63) is 36.0 Å². The maximum atomic E-state index is 13.0. The molecule has 112 valence electrons. The molecule has 7 heteroatoms. The average Bonchev–Trinajstić information content (AvgIpc) is 3.02. The van der Waals surface area contributed by atoms with Crippen LogP contribution in [-0.2, 0) is 21.4 Å². The molecule has 0 spiro atoms. The Morgan fingerprint density at radius 2 is 2.14 bits per heavy atom. The number of carbonyl (C=O) groups is 1. The van der Waals surface area contributed by atoms with E-state index in [0.29, 0.717) is 13.0 Å². The van der Waals surface area contributed by atoms with Gasteiger partial charge in [0.25, 0.3) is 0 Å². The topological polar surface area (TPSA) is 70.2 Å². The zero-order valence-electron chi connectivity index (χ0n) is 11.3. The maximum Gasteiger partial charge on any atom is 0.307 e. The van der Waals surface area contributed by atoms with Crippen molar-refractivity contribution in [3.63, 3.8) is 0 Å². The Balaban J connectivity index is 1.71. The van der Waals surface area contributed by atoms with E-state index in [-0.39, 0.29) is 18.9 Å². The van der Waals surface area contributed by atoms with Gasteiger partial charge in [-0.15, -0.1) is 3.89 Å². The van der Waals surface area contributed by atoms with Crippen molar-refractivity contribution in [1.82, 2.24) is 9.88 Å². The van der Waals surface area contributed by atoms with Crippen molar-refractivity contribution in [2.24, 2.45) is 0 Å². The highest BCUT2D eigenvalue weighted by Crippen LogP contribution is 2.22. The van der Waals surface area contributed by atoms with Gasteiger partial charge in [0.2, 0.25) is 5.91 Å². The molecule has 0 bridgehead atoms. The largest absolute Gasteiger partial charge is 0.361 e. The van der Waals surface area contributed by atoms with Gasteiger partial charge in [-0.2, -0.15) is 8.42 Å². The van der Waals surface area contributed by atoms with Gasteiger partial charge < -0.3 is 9.88 Å². The van der Waals surface area contributed by atoms with Crippen molar-refractivity contribution in [3.8, 4) is 0 Å². The van der Waals surface area contributed by atoms with Crippen molar-refractivity contribution in [2.45, 2.75) is 18.1 Å². The molecule has 1 amide bonds. The Morgan fingerprint density at radius 3 is 2.86 bits per heavy atom. The quantitative estimate of drug-likeness (QED) is 0.872. The minimum Gasteiger partial charge on any atom is -0.361 e. The first-order chi connectivity index (χ1) is 9.95. The van der Waals surface area contributed by atoms with E-state index in [1.807, 2.05) is 30.5 Å². The van der Waals surface area contributed by atoms with E-state index in [0.717, 1.165) is 16.5 Å². The van der Waals surface area contributed by atoms with Gasteiger partial charge >= 0.3 is 10.2 Å². The van der Waals surface area contributed by atoms with Crippen LogP contribution in [0.1, 0.15) is 12.0 Å². The van der Waals surface area contributed by atoms with E-state index in [2.05, 4.69) is 4.98 Å². The summed E-state index contributed by atoms with van der Waals surface area (Å²) in [7, 11) is -4.64. The van der Waals surface area contributed by atoms with Crippen LogP contribution in [0.15, 0.2) is 30.5 Å². The lowest BCUT2D eigenvalue weighted by Crippen LogP contribution is -2.29. The molecule has 21 heavy (non-hydrogen) atoms. The molecule has 3 rings (SSSR count). The Labute approximate surface area is 122 Å². The van der Waals surface area contributed by atoms with Gasteiger partial charge in [0, 0.05) is 36.6 Å². The van der Waals surface area contributed by atoms with Crippen molar-refractivity contribution in [2.75, 3.05) is 13.1 Å². The third kappa shape index (κ3) is 2.78. The molecular formula is C14H15FN2O3S. The number of benzene rings is 1. The predicted molar refractivity (Wildman–Crippen MR) is 77.0 cm³/mol. The molecule has 1 aliphatic rings. The standard InChI is InChI=1S/C14H15FN2O3S/c15-21(19,20)11-8-14(18)17(9-11)7-5-10-2-1-3-13-12(10)4-6-16-13/h1-4,6,11,16H,5,7-9H2. The second kappa shape index (κ2) is 5.14. The summed E-state index contributed by atoms with van der Waals surface area (Å²) in [4.78, 5) is 16.3. The number of H-pyrrole nitrogens is 1. The van der Waals surface area contributed by atoms with E-state index < -0.39 is 15.5 Å². The van der Waals surface area contributed by atoms with Gasteiger partial charge in [-0.05, 0) is 24.1 Å². The van der Waals surface area contributed by atoms with Gasteiger partial charge in [0.1, 0.15) is 5.25 Å². The first-order valence-electron chi connectivity index (χ1n) is 6.71. The summed E-state index contributed by atoms with van der Waals surface area (Å²) in [5, 5.41) is -0.133. The molecule has 2 heterocycles. The average molecular weight is 310 g/mol. The number of rotatable bonds is 4. The van der Waals surface area contributed by atoms with E-state index in [1.165, 1.54) is 4.90 Å². The van der Waals surface area contributed by atoms with Gasteiger partial charge in [0.15, 0.2) is 0 Å². The monoisotopic (exact) mass is 310 g/mol. The minimum absolute atomic E-state index is 0.0548. The fourth-order valence-corrected chi connectivity index (χ4v) is 3.46. The zero-order valence-corrected chi connectivity index (χ0v) is 12.1. The molecule has 0 radical (unpaired) electrons. The molecule has 1 saturated heterocycles. The number of amides is 1. The molecule has 1 atom stereocenters. The Bertz CT molecular complexity index is 784. The zero-order chi connectivity index (χ0) is 15.0. The summed E-state index contributed by atoms with van der Waals surface area (Å²) in [6.07, 6.45) is 2.20. The number of nitrogens with zero attached hydrogens (tertiary/aromatic N) is 1. The van der Waals surface area contributed by atoms with E-state index in [1.54, 1.807) is 0 Å². The molecule has 1 N–H and O–H groups in total. The van der Waals surface area contributed by atoms with E-state index in [9.17, 15) is 17.1 Å². The summed E-state index contributed by atoms with van der Waals surface area (Å²) < 4.78 is 34.7. The van der Waals surface area contributed by atoms with Gasteiger partial charge in [-0.1, -0.05) is 12.1 Å². The molecule has 5 nitrogen and oxygen atoms in total. The number of nitrogens with one attached hydrogen (secondary N) is 1. The summed E-state index contributed by atoms with van der Waals surface area (Å²) in [5.41, 5.74) is 2.09.